The summed E-state index contributed by atoms with van der Waals surface area (Å²) in [5, 5.41) is 14.2. The van der Waals surface area contributed by atoms with Crippen LogP contribution in [-0.2, 0) is 6.54 Å². The molecule has 2 atom stereocenters. The lowest BCUT2D eigenvalue weighted by Crippen LogP contribution is -2.45. The van der Waals surface area contributed by atoms with Crippen molar-refractivity contribution < 1.29 is 19.0 Å². The molecule has 3 N–H and O–H groups in total. The molecule has 0 bridgehead atoms. The van der Waals surface area contributed by atoms with E-state index >= 15 is 0 Å². The summed E-state index contributed by atoms with van der Waals surface area (Å²) >= 11 is 0. The first-order valence-electron chi connectivity index (χ1n) is 9.31. The van der Waals surface area contributed by atoms with Crippen molar-refractivity contribution in [1.82, 2.24) is 14.7 Å². The maximum absolute atomic E-state index is 14.3. The van der Waals surface area contributed by atoms with Crippen LogP contribution < -0.4 is 10.5 Å². The number of aromatic nitrogens is 2. The van der Waals surface area contributed by atoms with Crippen LogP contribution in [-0.4, -0.2) is 63.7 Å². The predicted molar refractivity (Wildman–Crippen MR) is 104 cm³/mol. The minimum atomic E-state index is -1.13. The number of piperidine rings is 1. The molecule has 1 fully saturated rings. The maximum Gasteiger partial charge on any atom is 0.252 e. The second-order valence-corrected chi connectivity index (χ2v) is 8.04. The Morgan fingerprint density at radius 3 is 2.82 bits per heavy atom. The molecule has 28 heavy (non-hydrogen) atoms. The van der Waals surface area contributed by atoms with Crippen LogP contribution in [0.4, 0.5) is 4.39 Å². The quantitative estimate of drug-likeness (QED) is 0.785. The predicted octanol–water partition coefficient (Wildman–Crippen LogP) is 1.84. The SMILES string of the molecule is CN1CC[C@@H](Oc2ccc(-c3cnn(CC(C)(C)O)c3)cc2C(N)=O)[C@@H](F)C1. The van der Waals surface area contributed by atoms with Crippen LogP contribution in [0.15, 0.2) is 30.6 Å². The Kier molecular flexibility index (Phi) is 5.71. The third-order valence-corrected chi connectivity index (χ3v) is 4.72. The van der Waals surface area contributed by atoms with Crippen molar-refractivity contribution in [2.75, 3.05) is 20.1 Å². The highest BCUT2D eigenvalue weighted by Gasteiger charge is 2.30. The first kappa shape index (κ1) is 20.3. The van der Waals surface area contributed by atoms with E-state index < -0.39 is 23.8 Å². The molecule has 8 heteroatoms. The zero-order chi connectivity index (χ0) is 20.5. The Hall–Kier alpha value is -2.45. The highest BCUT2D eigenvalue weighted by atomic mass is 19.1. The van der Waals surface area contributed by atoms with E-state index in [0.717, 1.165) is 17.7 Å². The number of aliphatic hydroxyl groups is 1. The van der Waals surface area contributed by atoms with Gasteiger partial charge in [0.15, 0.2) is 0 Å². The van der Waals surface area contributed by atoms with E-state index in [1.807, 2.05) is 11.9 Å². The van der Waals surface area contributed by atoms with E-state index in [4.69, 9.17) is 10.5 Å². The number of benzene rings is 1. The summed E-state index contributed by atoms with van der Waals surface area (Å²) in [7, 11) is 1.87. The lowest BCUT2D eigenvalue weighted by atomic mass is 10.0. The van der Waals surface area contributed by atoms with Gasteiger partial charge in [0.05, 0.1) is 23.9 Å². The van der Waals surface area contributed by atoms with Gasteiger partial charge in [0, 0.05) is 24.8 Å². The number of nitrogens with two attached hydrogens (primary N) is 1. The van der Waals surface area contributed by atoms with Crippen molar-refractivity contribution in [1.29, 1.82) is 0 Å². The first-order valence-corrected chi connectivity index (χ1v) is 9.31. The second kappa shape index (κ2) is 7.89. The Morgan fingerprint density at radius 2 is 2.18 bits per heavy atom. The molecule has 1 aromatic heterocycles. The van der Waals surface area contributed by atoms with Crippen LogP contribution in [0.3, 0.4) is 0 Å². The number of primary amides is 1. The van der Waals surface area contributed by atoms with Gasteiger partial charge in [0.2, 0.25) is 0 Å². The van der Waals surface area contributed by atoms with Crippen molar-refractivity contribution >= 4 is 5.91 Å². The molecule has 152 valence electrons. The van der Waals surface area contributed by atoms with Gasteiger partial charge in [-0.25, -0.2) is 4.39 Å². The summed E-state index contributed by atoms with van der Waals surface area (Å²) in [5.41, 5.74) is 6.37. The summed E-state index contributed by atoms with van der Waals surface area (Å²) in [6.45, 7) is 4.77. The van der Waals surface area contributed by atoms with Crippen molar-refractivity contribution in [2.45, 2.75) is 44.7 Å². The number of carbonyl (C=O) groups excluding carboxylic acids is 1. The zero-order valence-electron chi connectivity index (χ0n) is 16.4. The summed E-state index contributed by atoms with van der Waals surface area (Å²) in [4.78, 5) is 13.9. The molecule has 2 heterocycles. The maximum atomic E-state index is 14.3. The van der Waals surface area contributed by atoms with Gasteiger partial charge in [-0.2, -0.15) is 5.10 Å². The van der Waals surface area contributed by atoms with Crippen LogP contribution in [0.5, 0.6) is 5.75 Å². The zero-order valence-corrected chi connectivity index (χ0v) is 16.4. The number of halogens is 1. The van der Waals surface area contributed by atoms with E-state index in [2.05, 4.69) is 5.10 Å². The van der Waals surface area contributed by atoms with E-state index in [0.29, 0.717) is 19.5 Å². The standard InChI is InChI=1S/C20H27FN4O3/c1-20(2,27)12-25-10-14(9-23-25)13-4-5-17(15(8-13)19(22)26)28-18-6-7-24(3)11-16(18)21/h4-5,8-10,16,18,27H,6-7,11-12H2,1-3H3,(H2,22,26)/t16-,18+/m0/s1. The molecule has 0 aliphatic carbocycles. The number of carbonyl (C=O) groups is 1. The lowest BCUT2D eigenvalue weighted by molar-refractivity contribution is 0.0308. The highest BCUT2D eigenvalue weighted by Crippen LogP contribution is 2.29. The fraction of sp³-hybridized carbons (Fsp3) is 0.500. The first-order chi connectivity index (χ1) is 13.1. The topological polar surface area (TPSA) is 93.6 Å². The molecule has 0 saturated carbocycles. The van der Waals surface area contributed by atoms with Gasteiger partial charge in [-0.05, 0) is 45.0 Å². The molecular weight excluding hydrogens is 363 g/mol. The number of alkyl halides is 1. The van der Waals surface area contributed by atoms with Gasteiger partial charge in [-0.15, -0.1) is 0 Å². The Bertz CT molecular complexity index is 846. The molecule has 1 aliphatic rings. The number of amides is 1. The Morgan fingerprint density at radius 1 is 1.43 bits per heavy atom. The molecule has 1 amide bonds. The van der Waals surface area contributed by atoms with Crippen molar-refractivity contribution in [3.8, 4) is 16.9 Å². The van der Waals surface area contributed by atoms with E-state index in [9.17, 15) is 14.3 Å². The smallest absolute Gasteiger partial charge is 0.252 e. The average molecular weight is 390 g/mol. The number of likely N-dealkylation sites (tertiary alicyclic amines) is 1. The number of ether oxygens (including phenoxy) is 1. The molecule has 1 saturated heterocycles. The van der Waals surface area contributed by atoms with E-state index in [-0.39, 0.29) is 11.3 Å². The van der Waals surface area contributed by atoms with Gasteiger partial charge in [-0.1, -0.05) is 6.07 Å². The summed E-state index contributed by atoms with van der Waals surface area (Å²) in [6.07, 6.45) is 2.25. The fourth-order valence-corrected chi connectivity index (χ4v) is 3.33. The minimum absolute atomic E-state index is 0.207. The summed E-state index contributed by atoms with van der Waals surface area (Å²) in [6, 6.07) is 5.06. The highest BCUT2D eigenvalue weighted by molar-refractivity contribution is 5.97. The monoisotopic (exact) mass is 390 g/mol. The molecular formula is C20H27FN4O3. The number of nitrogens with zero attached hydrogens (tertiary/aromatic N) is 3. The van der Waals surface area contributed by atoms with Crippen LogP contribution in [0.2, 0.25) is 0 Å². The Labute approximate surface area is 163 Å². The Balaban J connectivity index is 1.82. The average Bonchev–Trinajstić information content (AvgIpc) is 3.04. The molecule has 0 radical (unpaired) electrons. The third-order valence-electron chi connectivity index (χ3n) is 4.72. The van der Waals surface area contributed by atoms with Gasteiger partial charge >= 0.3 is 0 Å². The van der Waals surface area contributed by atoms with Crippen molar-refractivity contribution in [3.63, 3.8) is 0 Å². The van der Waals surface area contributed by atoms with Crippen LogP contribution >= 0.6 is 0 Å². The summed E-state index contributed by atoms with van der Waals surface area (Å²) in [5.74, 6) is -0.346. The van der Waals surface area contributed by atoms with E-state index in [1.54, 1.807) is 49.1 Å². The molecule has 0 spiro atoms. The van der Waals surface area contributed by atoms with Gasteiger partial charge in [0.25, 0.3) is 5.91 Å². The van der Waals surface area contributed by atoms with Crippen molar-refractivity contribution in [3.05, 3.63) is 36.2 Å². The fourth-order valence-electron chi connectivity index (χ4n) is 3.33. The van der Waals surface area contributed by atoms with Gasteiger partial charge in [0.1, 0.15) is 18.0 Å². The number of rotatable bonds is 6. The molecule has 3 rings (SSSR count). The summed E-state index contributed by atoms with van der Waals surface area (Å²) < 4.78 is 21.7. The van der Waals surface area contributed by atoms with Crippen LogP contribution in [0, 0.1) is 0 Å². The largest absolute Gasteiger partial charge is 0.486 e. The van der Waals surface area contributed by atoms with Crippen molar-refractivity contribution in [2.24, 2.45) is 5.73 Å². The normalized spacial score (nSPS) is 20.9. The third kappa shape index (κ3) is 4.88. The molecule has 1 aromatic carbocycles. The second-order valence-electron chi connectivity index (χ2n) is 8.04. The van der Waals surface area contributed by atoms with E-state index in [1.165, 1.54) is 0 Å². The lowest BCUT2D eigenvalue weighted by Gasteiger charge is -2.32. The number of hydrogen-bond acceptors (Lipinski definition) is 5. The van der Waals surface area contributed by atoms with Gasteiger partial charge < -0.3 is 20.5 Å². The molecule has 7 nitrogen and oxygen atoms in total. The van der Waals surface area contributed by atoms with Crippen LogP contribution in [0.1, 0.15) is 30.6 Å². The van der Waals surface area contributed by atoms with Gasteiger partial charge in [-0.3, -0.25) is 9.48 Å². The van der Waals surface area contributed by atoms with Crippen LogP contribution in [0.25, 0.3) is 11.1 Å². The molecule has 0 unspecified atom stereocenters. The minimum Gasteiger partial charge on any atom is -0.486 e. The molecule has 2 aromatic rings. The molecule has 1 aliphatic heterocycles. The number of hydrogen-bond donors (Lipinski definition) is 2.